The summed E-state index contributed by atoms with van der Waals surface area (Å²) in [6.07, 6.45) is 4.26. The van der Waals surface area contributed by atoms with Crippen LogP contribution in [0.1, 0.15) is 19.8 Å². The summed E-state index contributed by atoms with van der Waals surface area (Å²) >= 11 is 0. The van der Waals surface area contributed by atoms with E-state index in [2.05, 4.69) is 0 Å². The second kappa shape index (κ2) is 5.22. The van der Waals surface area contributed by atoms with Crippen LogP contribution in [0.15, 0.2) is 11.6 Å². The SMILES string of the molecule is CCC/C(C=O)=C\C=O. The minimum atomic E-state index is 0.576. The molecule has 50 valence electrons. The van der Waals surface area contributed by atoms with E-state index < -0.39 is 0 Å². The molecule has 0 aromatic heterocycles. The van der Waals surface area contributed by atoms with E-state index in [-0.39, 0.29) is 0 Å². The van der Waals surface area contributed by atoms with E-state index >= 15 is 0 Å². The van der Waals surface area contributed by atoms with Gasteiger partial charge in [-0.3, -0.25) is 9.59 Å². The van der Waals surface area contributed by atoms with Crippen LogP contribution in [0.3, 0.4) is 0 Å². The van der Waals surface area contributed by atoms with Crippen LogP contribution in [-0.2, 0) is 9.59 Å². The van der Waals surface area contributed by atoms with E-state index in [9.17, 15) is 9.59 Å². The van der Waals surface area contributed by atoms with E-state index in [1.54, 1.807) is 0 Å². The van der Waals surface area contributed by atoms with E-state index in [0.29, 0.717) is 18.3 Å². The first-order valence-corrected chi connectivity index (χ1v) is 2.94. The Kier molecular flexibility index (Phi) is 4.69. The normalized spacial score (nSPS) is 11.0. The molecule has 0 aliphatic rings. The highest BCUT2D eigenvalue weighted by Crippen LogP contribution is 1.98. The van der Waals surface area contributed by atoms with E-state index in [4.69, 9.17) is 0 Å². The minimum absolute atomic E-state index is 0.576. The van der Waals surface area contributed by atoms with Gasteiger partial charge >= 0.3 is 0 Å². The summed E-state index contributed by atoms with van der Waals surface area (Å²) in [6.45, 7) is 1.96. The zero-order valence-electron chi connectivity index (χ0n) is 5.46. The van der Waals surface area contributed by atoms with Crippen LogP contribution in [0.2, 0.25) is 0 Å². The van der Waals surface area contributed by atoms with Crippen LogP contribution in [-0.4, -0.2) is 12.6 Å². The maximum absolute atomic E-state index is 10.1. The molecule has 0 spiro atoms. The number of allylic oxidation sites excluding steroid dienone is 2. The quantitative estimate of drug-likeness (QED) is 0.417. The van der Waals surface area contributed by atoms with Gasteiger partial charge in [-0.15, -0.1) is 0 Å². The Hall–Kier alpha value is -0.920. The first-order valence-electron chi connectivity index (χ1n) is 2.94. The van der Waals surface area contributed by atoms with Crippen molar-refractivity contribution in [3.05, 3.63) is 11.6 Å². The van der Waals surface area contributed by atoms with Gasteiger partial charge in [-0.25, -0.2) is 0 Å². The van der Waals surface area contributed by atoms with Crippen molar-refractivity contribution in [3.63, 3.8) is 0 Å². The van der Waals surface area contributed by atoms with Gasteiger partial charge in [0.2, 0.25) is 0 Å². The molecule has 2 heteroatoms. The van der Waals surface area contributed by atoms with E-state index in [1.807, 2.05) is 6.92 Å². The van der Waals surface area contributed by atoms with Crippen molar-refractivity contribution in [3.8, 4) is 0 Å². The Bertz CT molecular complexity index is 125. The highest BCUT2D eigenvalue weighted by atomic mass is 16.1. The van der Waals surface area contributed by atoms with Crippen LogP contribution < -0.4 is 0 Å². The Labute approximate surface area is 54.6 Å². The fourth-order valence-electron chi connectivity index (χ4n) is 0.558. The van der Waals surface area contributed by atoms with Crippen molar-refractivity contribution < 1.29 is 9.59 Å². The topological polar surface area (TPSA) is 34.1 Å². The monoisotopic (exact) mass is 126 g/mol. The molecule has 0 saturated carbocycles. The molecule has 9 heavy (non-hydrogen) atoms. The molecule has 0 aromatic rings. The molecule has 0 N–H and O–H groups in total. The first-order chi connectivity index (χ1) is 4.35. The lowest BCUT2D eigenvalue weighted by Crippen LogP contribution is -1.83. The molecule has 0 aliphatic carbocycles. The third kappa shape index (κ3) is 3.64. The number of carbonyl (C=O) groups excluding carboxylic acids is 2. The maximum atomic E-state index is 10.1. The Balaban J connectivity index is 3.80. The van der Waals surface area contributed by atoms with Crippen LogP contribution in [0.5, 0.6) is 0 Å². The third-order valence-electron chi connectivity index (χ3n) is 0.972. The highest BCUT2D eigenvalue weighted by molar-refractivity contribution is 5.81. The van der Waals surface area contributed by atoms with Gasteiger partial charge in [0.1, 0.15) is 12.6 Å². The summed E-state index contributed by atoms with van der Waals surface area (Å²) in [5.41, 5.74) is 0.576. The number of hydrogen-bond donors (Lipinski definition) is 0. The van der Waals surface area contributed by atoms with Crippen molar-refractivity contribution in [2.75, 3.05) is 0 Å². The van der Waals surface area contributed by atoms with Crippen molar-refractivity contribution >= 4 is 12.6 Å². The lowest BCUT2D eigenvalue weighted by Gasteiger charge is -1.89. The van der Waals surface area contributed by atoms with Crippen LogP contribution in [0.25, 0.3) is 0 Å². The lowest BCUT2D eigenvalue weighted by molar-refractivity contribution is -0.106. The summed E-state index contributed by atoms with van der Waals surface area (Å²) in [4.78, 5) is 19.9. The molecule has 0 aliphatic heterocycles. The second-order valence-corrected chi connectivity index (χ2v) is 1.75. The third-order valence-corrected chi connectivity index (χ3v) is 0.972. The summed E-state index contributed by atoms with van der Waals surface area (Å²) in [5.74, 6) is 0. The fraction of sp³-hybridized carbons (Fsp3) is 0.429. The molecular formula is C7H10O2. The molecule has 0 saturated heterocycles. The zero-order chi connectivity index (χ0) is 7.11. The smallest absolute Gasteiger partial charge is 0.146 e. The average Bonchev–Trinajstić information content (AvgIpc) is 1.88. The van der Waals surface area contributed by atoms with Gasteiger partial charge in [-0.05, 0) is 18.1 Å². The Morgan fingerprint density at radius 3 is 2.44 bits per heavy atom. The summed E-state index contributed by atoms with van der Waals surface area (Å²) in [6, 6.07) is 0. The first kappa shape index (κ1) is 8.08. The van der Waals surface area contributed by atoms with Crippen molar-refractivity contribution in [2.45, 2.75) is 19.8 Å². The van der Waals surface area contributed by atoms with Gasteiger partial charge in [-0.1, -0.05) is 13.3 Å². The molecule has 0 bridgehead atoms. The molecule has 2 nitrogen and oxygen atoms in total. The predicted molar refractivity (Wildman–Crippen MR) is 35.1 cm³/mol. The van der Waals surface area contributed by atoms with Crippen molar-refractivity contribution in [1.82, 2.24) is 0 Å². The molecule has 0 aromatic carbocycles. The predicted octanol–water partition coefficient (Wildman–Crippen LogP) is 1.11. The summed E-state index contributed by atoms with van der Waals surface area (Å²) in [5, 5.41) is 0. The second-order valence-electron chi connectivity index (χ2n) is 1.75. The lowest BCUT2D eigenvalue weighted by atomic mass is 10.2. The standard InChI is InChI=1S/C7H10O2/c1-2-3-7(6-9)4-5-8/h4-6H,2-3H2,1H3/b7-4+. The van der Waals surface area contributed by atoms with Crippen LogP contribution in [0.4, 0.5) is 0 Å². The van der Waals surface area contributed by atoms with Crippen molar-refractivity contribution in [1.29, 1.82) is 0 Å². The minimum Gasteiger partial charge on any atom is -0.299 e. The molecule has 0 atom stereocenters. The van der Waals surface area contributed by atoms with Gasteiger partial charge < -0.3 is 0 Å². The van der Waals surface area contributed by atoms with Gasteiger partial charge in [0.25, 0.3) is 0 Å². The number of aldehydes is 2. The molecule has 0 fully saturated rings. The number of carbonyl (C=O) groups is 2. The molecule has 0 unspecified atom stereocenters. The summed E-state index contributed by atoms with van der Waals surface area (Å²) < 4.78 is 0. The molecule has 0 amide bonds. The fourth-order valence-corrected chi connectivity index (χ4v) is 0.558. The number of rotatable bonds is 4. The van der Waals surface area contributed by atoms with E-state index in [1.165, 1.54) is 6.08 Å². The van der Waals surface area contributed by atoms with Gasteiger partial charge in [0.15, 0.2) is 0 Å². The van der Waals surface area contributed by atoms with Crippen molar-refractivity contribution in [2.24, 2.45) is 0 Å². The molecule has 0 rings (SSSR count). The molecular weight excluding hydrogens is 116 g/mol. The summed E-state index contributed by atoms with van der Waals surface area (Å²) in [7, 11) is 0. The van der Waals surface area contributed by atoms with Gasteiger partial charge in [0.05, 0.1) is 0 Å². The Morgan fingerprint density at radius 1 is 1.44 bits per heavy atom. The highest BCUT2D eigenvalue weighted by Gasteiger charge is 1.89. The molecule has 0 radical (unpaired) electrons. The van der Waals surface area contributed by atoms with Crippen LogP contribution in [0, 0.1) is 0 Å². The molecule has 0 heterocycles. The Morgan fingerprint density at radius 2 is 2.11 bits per heavy atom. The van der Waals surface area contributed by atoms with Crippen LogP contribution >= 0.6 is 0 Å². The largest absolute Gasteiger partial charge is 0.299 e. The maximum Gasteiger partial charge on any atom is 0.146 e. The van der Waals surface area contributed by atoms with Gasteiger partial charge in [0, 0.05) is 0 Å². The zero-order valence-corrected chi connectivity index (χ0v) is 5.46. The van der Waals surface area contributed by atoms with E-state index in [0.717, 1.165) is 12.7 Å². The average molecular weight is 126 g/mol. The van der Waals surface area contributed by atoms with Gasteiger partial charge in [-0.2, -0.15) is 0 Å². The number of hydrogen-bond acceptors (Lipinski definition) is 2.